The van der Waals surface area contributed by atoms with Gasteiger partial charge in [-0.2, -0.15) is 0 Å². The zero-order valence-electron chi connectivity index (χ0n) is 16.9. The van der Waals surface area contributed by atoms with Crippen molar-refractivity contribution < 1.29 is 13.2 Å². The number of rotatable bonds is 5. The average molecular weight is 462 g/mol. The van der Waals surface area contributed by atoms with E-state index in [9.17, 15) is 13.2 Å². The van der Waals surface area contributed by atoms with E-state index in [0.717, 1.165) is 24.1 Å². The third-order valence-corrected chi connectivity index (χ3v) is 7.69. The lowest BCUT2D eigenvalue weighted by Crippen LogP contribution is -2.14. The summed E-state index contributed by atoms with van der Waals surface area (Å²) in [7, 11) is -3.68. The molecule has 1 heterocycles. The largest absolute Gasteiger partial charge is 0.298 e. The van der Waals surface area contributed by atoms with Crippen molar-refractivity contribution in [1.82, 2.24) is 4.98 Å². The molecule has 6 nitrogen and oxygen atoms in total. The molecule has 1 aliphatic rings. The van der Waals surface area contributed by atoms with Gasteiger partial charge in [-0.25, -0.2) is 13.4 Å². The quantitative estimate of drug-likeness (QED) is 0.440. The second kappa shape index (κ2) is 8.22. The highest BCUT2D eigenvalue weighted by atomic mass is 32.2. The van der Waals surface area contributed by atoms with E-state index >= 15 is 0 Å². The third-order valence-electron chi connectivity index (χ3n) is 5.26. The second-order valence-electron chi connectivity index (χ2n) is 7.40. The van der Waals surface area contributed by atoms with E-state index in [4.69, 9.17) is 0 Å². The molecule has 3 aromatic carbocycles. The van der Waals surface area contributed by atoms with Crippen LogP contribution in [0.1, 0.15) is 20.8 Å². The smallest absolute Gasteiger partial charge is 0.261 e. The molecule has 1 amide bonds. The van der Waals surface area contributed by atoms with Gasteiger partial charge >= 0.3 is 0 Å². The van der Waals surface area contributed by atoms with Gasteiger partial charge in [0.15, 0.2) is 5.13 Å². The van der Waals surface area contributed by atoms with Crippen LogP contribution in [0.4, 0.5) is 10.8 Å². The van der Waals surface area contributed by atoms with Gasteiger partial charge in [-0.1, -0.05) is 42.5 Å². The fourth-order valence-electron chi connectivity index (χ4n) is 3.68. The number of anilines is 2. The number of benzene rings is 3. The molecule has 0 radical (unpaired) electrons. The van der Waals surface area contributed by atoms with Gasteiger partial charge in [0.05, 0.1) is 10.6 Å². The van der Waals surface area contributed by atoms with Crippen molar-refractivity contribution in [3.63, 3.8) is 0 Å². The van der Waals surface area contributed by atoms with Crippen molar-refractivity contribution in [2.75, 3.05) is 10.0 Å². The number of hydrogen-bond donors (Lipinski definition) is 2. The Hall–Kier alpha value is -3.49. The molecular formula is C24H19N3O3S2. The van der Waals surface area contributed by atoms with Gasteiger partial charge in [0.2, 0.25) is 0 Å². The van der Waals surface area contributed by atoms with Crippen LogP contribution in [-0.4, -0.2) is 19.3 Å². The minimum absolute atomic E-state index is 0.177. The van der Waals surface area contributed by atoms with Crippen LogP contribution in [0, 0.1) is 0 Å². The maximum Gasteiger partial charge on any atom is 0.261 e. The molecule has 0 fully saturated rings. The first kappa shape index (κ1) is 20.4. The summed E-state index contributed by atoms with van der Waals surface area (Å²) in [4.78, 5) is 18.7. The molecule has 160 valence electrons. The van der Waals surface area contributed by atoms with E-state index in [2.05, 4.69) is 27.2 Å². The van der Waals surface area contributed by atoms with Crippen molar-refractivity contribution in [2.45, 2.75) is 17.7 Å². The van der Waals surface area contributed by atoms with Gasteiger partial charge in [0, 0.05) is 21.7 Å². The average Bonchev–Trinajstić information content (AvgIpc) is 3.23. The molecule has 32 heavy (non-hydrogen) atoms. The van der Waals surface area contributed by atoms with Crippen LogP contribution < -0.4 is 10.0 Å². The predicted octanol–water partition coefficient (Wildman–Crippen LogP) is 4.96. The normalized spacial score (nSPS) is 12.5. The third kappa shape index (κ3) is 4.02. The molecule has 1 aliphatic carbocycles. The number of aryl methyl sites for hydroxylation is 2. The Bertz CT molecular complexity index is 1400. The van der Waals surface area contributed by atoms with E-state index in [-0.39, 0.29) is 10.8 Å². The summed E-state index contributed by atoms with van der Waals surface area (Å²) in [6.07, 6.45) is 1.88. The number of amides is 1. The summed E-state index contributed by atoms with van der Waals surface area (Å²) in [5.41, 5.74) is 4.14. The molecule has 8 heteroatoms. The number of carbonyl (C=O) groups excluding carboxylic acids is 1. The summed E-state index contributed by atoms with van der Waals surface area (Å²) in [5, 5.41) is 3.43. The standard InChI is InChI=1S/C24H19N3O3S2/c28-23(26-24-25-22-20-9-5-4-6-16(20)12-15-21(22)31-24)17-10-13-18(14-11-17)27-32(29,30)19-7-2-1-3-8-19/h1-11,13-14,27H,12,15H2,(H,25,26,28). The molecular weight excluding hydrogens is 442 g/mol. The maximum absolute atomic E-state index is 12.7. The molecule has 0 aliphatic heterocycles. The van der Waals surface area contributed by atoms with Gasteiger partial charge in [-0.3, -0.25) is 14.8 Å². The molecule has 0 saturated heterocycles. The summed E-state index contributed by atoms with van der Waals surface area (Å²) >= 11 is 1.50. The fraction of sp³-hybridized carbons (Fsp3) is 0.0833. The molecule has 0 saturated carbocycles. The highest BCUT2D eigenvalue weighted by Gasteiger charge is 2.21. The van der Waals surface area contributed by atoms with Crippen molar-refractivity contribution in [1.29, 1.82) is 0 Å². The molecule has 0 unspecified atom stereocenters. The molecule has 4 aromatic rings. The fourth-order valence-corrected chi connectivity index (χ4v) is 5.73. The SMILES string of the molecule is O=C(Nc1nc2c(s1)CCc1ccccc1-2)c1ccc(NS(=O)(=O)c2ccccc2)cc1. The molecule has 1 aromatic heterocycles. The summed E-state index contributed by atoms with van der Waals surface area (Å²) in [5.74, 6) is -0.290. The van der Waals surface area contributed by atoms with Crippen LogP contribution in [0.5, 0.6) is 0 Å². The topological polar surface area (TPSA) is 88.2 Å². The van der Waals surface area contributed by atoms with E-state index in [0.29, 0.717) is 16.4 Å². The number of aromatic nitrogens is 1. The van der Waals surface area contributed by atoms with E-state index < -0.39 is 10.0 Å². The number of sulfonamides is 1. The van der Waals surface area contributed by atoms with Crippen LogP contribution >= 0.6 is 11.3 Å². The van der Waals surface area contributed by atoms with E-state index in [1.165, 1.54) is 33.9 Å². The van der Waals surface area contributed by atoms with Crippen LogP contribution in [-0.2, 0) is 22.9 Å². The molecule has 5 rings (SSSR count). The van der Waals surface area contributed by atoms with Gasteiger partial charge < -0.3 is 0 Å². The Balaban J connectivity index is 1.30. The van der Waals surface area contributed by atoms with Crippen LogP contribution in [0.2, 0.25) is 0 Å². The van der Waals surface area contributed by atoms with Crippen molar-refractivity contribution in [3.8, 4) is 11.3 Å². The molecule has 0 spiro atoms. The number of nitrogens with one attached hydrogen (secondary N) is 2. The lowest BCUT2D eigenvalue weighted by atomic mass is 9.94. The monoisotopic (exact) mass is 461 g/mol. The lowest BCUT2D eigenvalue weighted by Gasteiger charge is -2.13. The van der Waals surface area contributed by atoms with Crippen LogP contribution in [0.15, 0.2) is 83.8 Å². The predicted molar refractivity (Wildman–Crippen MR) is 127 cm³/mol. The Morgan fingerprint density at radius 3 is 2.38 bits per heavy atom. The number of carbonyl (C=O) groups is 1. The van der Waals surface area contributed by atoms with Crippen LogP contribution in [0.3, 0.4) is 0 Å². The van der Waals surface area contributed by atoms with E-state index in [1.54, 1.807) is 42.5 Å². The van der Waals surface area contributed by atoms with Crippen molar-refractivity contribution >= 4 is 38.1 Å². The summed E-state index contributed by atoms with van der Waals surface area (Å²) < 4.78 is 27.4. The van der Waals surface area contributed by atoms with Crippen molar-refractivity contribution in [2.24, 2.45) is 0 Å². The number of fused-ring (bicyclic) bond motifs is 3. The molecule has 0 atom stereocenters. The highest BCUT2D eigenvalue weighted by Crippen LogP contribution is 2.38. The first-order valence-corrected chi connectivity index (χ1v) is 12.4. The zero-order chi connectivity index (χ0) is 22.1. The van der Waals surface area contributed by atoms with Gasteiger partial charge in [0.25, 0.3) is 15.9 Å². The summed E-state index contributed by atoms with van der Waals surface area (Å²) in [6, 6.07) is 22.6. The maximum atomic E-state index is 12.7. The second-order valence-corrected chi connectivity index (χ2v) is 10.2. The number of nitrogens with zero attached hydrogens (tertiary/aromatic N) is 1. The minimum atomic E-state index is -3.68. The van der Waals surface area contributed by atoms with Gasteiger partial charge in [-0.05, 0) is 54.8 Å². The first-order chi connectivity index (χ1) is 15.5. The molecule has 2 N–H and O–H groups in total. The van der Waals surface area contributed by atoms with Gasteiger partial charge in [-0.15, -0.1) is 11.3 Å². The molecule has 0 bridgehead atoms. The Morgan fingerprint density at radius 1 is 0.875 bits per heavy atom. The highest BCUT2D eigenvalue weighted by molar-refractivity contribution is 7.92. The number of thiazole rings is 1. The Kier molecular flexibility index (Phi) is 5.24. The van der Waals surface area contributed by atoms with Gasteiger partial charge in [0.1, 0.15) is 0 Å². The van der Waals surface area contributed by atoms with Crippen LogP contribution in [0.25, 0.3) is 11.3 Å². The lowest BCUT2D eigenvalue weighted by molar-refractivity contribution is 0.102. The minimum Gasteiger partial charge on any atom is -0.298 e. The van der Waals surface area contributed by atoms with E-state index in [1.807, 2.05) is 12.1 Å². The zero-order valence-corrected chi connectivity index (χ0v) is 18.5. The first-order valence-electron chi connectivity index (χ1n) is 10.1. The number of hydrogen-bond acceptors (Lipinski definition) is 5. The Labute approximate surface area is 190 Å². The summed E-state index contributed by atoms with van der Waals surface area (Å²) in [6.45, 7) is 0. The van der Waals surface area contributed by atoms with Crippen molar-refractivity contribution in [3.05, 3.63) is 94.9 Å². The Morgan fingerprint density at radius 2 is 1.59 bits per heavy atom.